The Kier molecular flexibility index (Phi) is 5.25. The van der Waals surface area contributed by atoms with Gasteiger partial charge in [-0.2, -0.15) is 0 Å². The van der Waals surface area contributed by atoms with Gasteiger partial charge in [-0.15, -0.1) is 0 Å². The van der Waals surface area contributed by atoms with Crippen LogP contribution in [0.2, 0.25) is 0 Å². The van der Waals surface area contributed by atoms with Crippen LogP contribution in [0.1, 0.15) is 52.9 Å². The summed E-state index contributed by atoms with van der Waals surface area (Å²) in [4.78, 5) is 11.4. The Morgan fingerprint density at radius 1 is 1.35 bits per heavy atom. The molecular formula is C13H25NO3. The zero-order chi connectivity index (χ0) is 12.9. The van der Waals surface area contributed by atoms with Gasteiger partial charge in [-0.3, -0.25) is 0 Å². The van der Waals surface area contributed by atoms with Crippen LogP contribution in [-0.4, -0.2) is 29.4 Å². The van der Waals surface area contributed by atoms with E-state index in [1.54, 1.807) is 0 Å². The van der Waals surface area contributed by atoms with E-state index in [4.69, 9.17) is 4.74 Å². The molecule has 2 atom stereocenters. The largest absolute Gasteiger partial charge is 0.444 e. The number of aliphatic hydroxyl groups excluding tert-OH is 1. The number of ether oxygens (including phenoxy) is 1. The third-order valence-corrected chi connectivity index (χ3v) is 3.05. The summed E-state index contributed by atoms with van der Waals surface area (Å²) < 4.78 is 5.14. The molecule has 0 radical (unpaired) electrons. The zero-order valence-electron chi connectivity index (χ0n) is 11.2. The van der Waals surface area contributed by atoms with Crippen LogP contribution in [0.5, 0.6) is 0 Å². The Balaban J connectivity index is 2.16. The minimum atomic E-state index is -0.450. The van der Waals surface area contributed by atoms with Gasteiger partial charge in [0.2, 0.25) is 0 Å². The van der Waals surface area contributed by atoms with E-state index in [-0.39, 0.29) is 12.2 Å². The fourth-order valence-corrected chi connectivity index (χ4v) is 2.20. The standard InChI is InChI=1S/C13H25NO3/c1-13(2,3)17-12(16)14-9-8-10-6-4-5-7-11(10)15/h10-11,15H,4-9H2,1-3H3,(H,14,16)/t10-,11-/m0/s1. The fraction of sp³-hybridized carbons (Fsp3) is 0.923. The van der Waals surface area contributed by atoms with Gasteiger partial charge in [-0.1, -0.05) is 12.8 Å². The summed E-state index contributed by atoms with van der Waals surface area (Å²) in [5, 5.41) is 12.5. The van der Waals surface area contributed by atoms with Crippen molar-refractivity contribution >= 4 is 6.09 Å². The van der Waals surface area contributed by atoms with Gasteiger partial charge in [0.25, 0.3) is 0 Å². The lowest BCUT2D eigenvalue weighted by Crippen LogP contribution is -2.35. The lowest BCUT2D eigenvalue weighted by Gasteiger charge is -2.27. The Morgan fingerprint density at radius 3 is 2.59 bits per heavy atom. The molecule has 1 rings (SSSR count). The average Bonchev–Trinajstić information content (AvgIpc) is 2.18. The lowest BCUT2D eigenvalue weighted by molar-refractivity contribution is 0.0480. The zero-order valence-corrected chi connectivity index (χ0v) is 11.2. The van der Waals surface area contributed by atoms with Gasteiger partial charge in [0.15, 0.2) is 0 Å². The number of nitrogens with one attached hydrogen (secondary N) is 1. The van der Waals surface area contributed by atoms with Crippen LogP contribution in [0.4, 0.5) is 4.79 Å². The minimum Gasteiger partial charge on any atom is -0.444 e. The van der Waals surface area contributed by atoms with E-state index in [9.17, 15) is 9.90 Å². The molecule has 17 heavy (non-hydrogen) atoms. The quantitative estimate of drug-likeness (QED) is 0.800. The number of carbonyl (C=O) groups excluding carboxylic acids is 1. The van der Waals surface area contributed by atoms with Gasteiger partial charge in [0.1, 0.15) is 5.60 Å². The summed E-state index contributed by atoms with van der Waals surface area (Å²) in [5.41, 5.74) is -0.450. The average molecular weight is 243 g/mol. The molecule has 0 spiro atoms. The van der Waals surface area contributed by atoms with E-state index in [0.717, 1.165) is 25.7 Å². The van der Waals surface area contributed by atoms with Gasteiger partial charge >= 0.3 is 6.09 Å². The molecule has 4 heteroatoms. The van der Waals surface area contributed by atoms with E-state index in [1.165, 1.54) is 6.42 Å². The van der Waals surface area contributed by atoms with Crippen molar-refractivity contribution in [3.63, 3.8) is 0 Å². The van der Waals surface area contributed by atoms with Crippen LogP contribution < -0.4 is 5.32 Å². The van der Waals surface area contributed by atoms with Crippen LogP contribution in [-0.2, 0) is 4.74 Å². The lowest BCUT2D eigenvalue weighted by atomic mass is 9.84. The van der Waals surface area contributed by atoms with Crippen molar-refractivity contribution in [1.82, 2.24) is 5.32 Å². The molecule has 0 aromatic heterocycles. The van der Waals surface area contributed by atoms with Crippen molar-refractivity contribution in [2.24, 2.45) is 5.92 Å². The second-order valence-electron chi connectivity index (χ2n) is 5.83. The van der Waals surface area contributed by atoms with Crippen molar-refractivity contribution in [2.75, 3.05) is 6.54 Å². The smallest absolute Gasteiger partial charge is 0.407 e. The first-order valence-electron chi connectivity index (χ1n) is 6.53. The number of carbonyl (C=O) groups is 1. The molecule has 0 saturated heterocycles. The molecule has 0 aromatic carbocycles. The highest BCUT2D eigenvalue weighted by Crippen LogP contribution is 2.26. The Labute approximate surface area is 104 Å². The number of hydrogen-bond acceptors (Lipinski definition) is 3. The highest BCUT2D eigenvalue weighted by molar-refractivity contribution is 5.67. The second-order valence-corrected chi connectivity index (χ2v) is 5.83. The summed E-state index contributed by atoms with van der Waals surface area (Å²) in [7, 11) is 0. The number of amides is 1. The highest BCUT2D eigenvalue weighted by atomic mass is 16.6. The maximum atomic E-state index is 11.4. The summed E-state index contributed by atoms with van der Waals surface area (Å²) in [6.07, 6.45) is 4.55. The van der Waals surface area contributed by atoms with Crippen molar-refractivity contribution in [3.8, 4) is 0 Å². The molecule has 0 aliphatic heterocycles. The van der Waals surface area contributed by atoms with Crippen LogP contribution in [0.25, 0.3) is 0 Å². The molecule has 2 N–H and O–H groups in total. The molecule has 1 fully saturated rings. The third kappa shape index (κ3) is 5.91. The Bertz CT molecular complexity index is 248. The number of hydrogen-bond donors (Lipinski definition) is 2. The molecule has 1 aliphatic rings. The number of alkyl carbamates (subject to hydrolysis) is 1. The van der Waals surface area contributed by atoms with E-state index >= 15 is 0 Å². The molecule has 0 unspecified atom stereocenters. The van der Waals surface area contributed by atoms with Gasteiger partial charge in [0, 0.05) is 6.54 Å². The van der Waals surface area contributed by atoms with Crippen molar-refractivity contribution < 1.29 is 14.6 Å². The molecule has 0 bridgehead atoms. The number of aliphatic hydroxyl groups is 1. The first kappa shape index (κ1) is 14.3. The molecule has 0 heterocycles. The maximum Gasteiger partial charge on any atom is 0.407 e. The summed E-state index contributed by atoms with van der Waals surface area (Å²) >= 11 is 0. The van der Waals surface area contributed by atoms with E-state index in [1.807, 2.05) is 20.8 Å². The summed E-state index contributed by atoms with van der Waals surface area (Å²) in [6.45, 7) is 6.11. The van der Waals surface area contributed by atoms with Crippen molar-refractivity contribution in [3.05, 3.63) is 0 Å². The SMILES string of the molecule is CC(C)(C)OC(=O)NCC[C@@H]1CCCC[C@@H]1O. The first-order chi connectivity index (χ1) is 7.88. The maximum absolute atomic E-state index is 11.4. The van der Waals surface area contributed by atoms with E-state index in [0.29, 0.717) is 12.5 Å². The molecule has 4 nitrogen and oxygen atoms in total. The molecule has 100 valence electrons. The predicted molar refractivity (Wildman–Crippen MR) is 66.8 cm³/mol. The molecule has 0 aromatic rings. The summed E-state index contributed by atoms with van der Waals surface area (Å²) in [5.74, 6) is 0.332. The summed E-state index contributed by atoms with van der Waals surface area (Å²) in [6, 6.07) is 0. The third-order valence-electron chi connectivity index (χ3n) is 3.05. The van der Waals surface area contributed by atoms with Gasteiger partial charge < -0.3 is 15.2 Å². The molecule has 1 saturated carbocycles. The molecule has 1 amide bonds. The van der Waals surface area contributed by atoms with Gasteiger partial charge in [-0.25, -0.2) is 4.79 Å². The van der Waals surface area contributed by atoms with Crippen LogP contribution in [0.15, 0.2) is 0 Å². The van der Waals surface area contributed by atoms with Crippen LogP contribution in [0, 0.1) is 5.92 Å². The molecular weight excluding hydrogens is 218 g/mol. The van der Waals surface area contributed by atoms with E-state index in [2.05, 4.69) is 5.32 Å². The predicted octanol–water partition coefficient (Wildman–Crippen LogP) is 2.45. The highest BCUT2D eigenvalue weighted by Gasteiger charge is 2.23. The van der Waals surface area contributed by atoms with Crippen LogP contribution >= 0.6 is 0 Å². The Morgan fingerprint density at radius 2 is 2.00 bits per heavy atom. The first-order valence-corrected chi connectivity index (χ1v) is 6.53. The van der Waals surface area contributed by atoms with Crippen LogP contribution in [0.3, 0.4) is 0 Å². The monoisotopic (exact) mass is 243 g/mol. The van der Waals surface area contributed by atoms with Crippen molar-refractivity contribution in [2.45, 2.75) is 64.6 Å². The van der Waals surface area contributed by atoms with E-state index < -0.39 is 5.60 Å². The molecule has 1 aliphatic carbocycles. The van der Waals surface area contributed by atoms with Gasteiger partial charge in [0.05, 0.1) is 6.10 Å². The fourth-order valence-electron chi connectivity index (χ4n) is 2.20. The van der Waals surface area contributed by atoms with Gasteiger partial charge in [-0.05, 0) is 46.0 Å². The second kappa shape index (κ2) is 6.24. The van der Waals surface area contributed by atoms with Crippen molar-refractivity contribution in [1.29, 1.82) is 0 Å². The number of rotatable bonds is 3. The topological polar surface area (TPSA) is 58.6 Å². The normalized spacial score (nSPS) is 25.4. The Hall–Kier alpha value is -0.770. The minimum absolute atomic E-state index is 0.191.